The van der Waals surface area contributed by atoms with E-state index in [1.165, 1.54) is 62.7 Å². The topological polar surface area (TPSA) is 66.5 Å². The van der Waals surface area contributed by atoms with Gasteiger partial charge in [-0.3, -0.25) is 0 Å². The summed E-state index contributed by atoms with van der Waals surface area (Å²) < 4.78 is 0. The molecule has 0 saturated carbocycles. The van der Waals surface area contributed by atoms with Crippen molar-refractivity contribution in [1.29, 1.82) is 0 Å². The summed E-state index contributed by atoms with van der Waals surface area (Å²) in [5.74, 6) is 6.37. The van der Waals surface area contributed by atoms with Crippen LogP contribution in [0.5, 0.6) is 0 Å². The van der Waals surface area contributed by atoms with Gasteiger partial charge in [-0.25, -0.2) is 0 Å². The molecule has 0 amide bonds. The number of hydrogen-bond acceptors (Lipinski definition) is 4. The van der Waals surface area contributed by atoms with Crippen LogP contribution in [0.25, 0.3) is 0 Å². The van der Waals surface area contributed by atoms with Crippen LogP contribution in [0.15, 0.2) is 12.1 Å². The first-order valence-electron chi connectivity index (χ1n) is 9.32. The predicted molar refractivity (Wildman–Crippen MR) is 103 cm³/mol. The van der Waals surface area contributed by atoms with Gasteiger partial charge in [0.15, 0.2) is 0 Å². The largest absolute Gasteiger partial charge is 0.395 e. The quantitative estimate of drug-likeness (QED) is 0.387. The van der Waals surface area contributed by atoms with Crippen LogP contribution in [0, 0.1) is 11.8 Å². The van der Waals surface area contributed by atoms with Crippen molar-refractivity contribution in [3.05, 3.63) is 21.9 Å². The molecule has 4 heteroatoms. The number of rotatable bonds is 12. The lowest BCUT2D eigenvalue weighted by atomic mass is 10.1. The molecule has 0 aromatic carbocycles. The highest BCUT2D eigenvalue weighted by Gasteiger charge is 2.17. The molecule has 0 aliphatic carbocycles. The maximum absolute atomic E-state index is 9.94. The summed E-state index contributed by atoms with van der Waals surface area (Å²) in [6.45, 7) is 2.03. The fourth-order valence-electron chi connectivity index (χ4n) is 2.56. The Morgan fingerprint density at radius 1 is 1.04 bits per heavy atom. The lowest BCUT2D eigenvalue weighted by Crippen LogP contribution is -2.31. The van der Waals surface area contributed by atoms with E-state index in [0.29, 0.717) is 0 Å². The lowest BCUT2D eigenvalue weighted by molar-refractivity contribution is 0.112. The van der Waals surface area contributed by atoms with Crippen LogP contribution in [0.2, 0.25) is 0 Å². The van der Waals surface area contributed by atoms with E-state index < -0.39 is 12.1 Å². The zero-order valence-electron chi connectivity index (χ0n) is 15.0. The number of aliphatic hydroxyl groups is 2. The van der Waals surface area contributed by atoms with Gasteiger partial charge >= 0.3 is 0 Å². The monoisotopic (exact) mass is 351 g/mol. The molecule has 3 nitrogen and oxygen atoms in total. The van der Waals surface area contributed by atoms with E-state index in [4.69, 9.17) is 10.8 Å². The minimum Gasteiger partial charge on any atom is -0.395 e. The number of unbranched alkanes of at least 4 members (excludes halogenated alkanes) is 9. The Morgan fingerprint density at radius 2 is 1.67 bits per heavy atom. The standard InChI is InChI=1S/C20H33NO2S/c1-2-3-4-5-6-7-8-9-10-11-12-13-17-14-15-19(24-17)20(23)18(21)16-22/h14-15,18,20,22-23H,2-11,16,21H2,1H3/t18-,20-/m0/s1. The molecule has 24 heavy (non-hydrogen) atoms. The molecule has 1 aromatic rings. The summed E-state index contributed by atoms with van der Waals surface area (Å²) in [6, 6.07) is 3.12. The molecule has 1 heterocycles. The zero-order chi connectivity index (χ0) is 17.6. The second kappa shape index (κ2) is 13.4. The summed E-state index contributed by atoms with van der Waals surface area (Å²) in [7, 11) is 0. The third-order valence-electron chi connectivity index (χ3n) is 4.15. The third-order valence-corrected chi connectivity index (χ3v) is 5.22. The van der Waals surface area contributed by atoms with Crippen LogP contribution in [0.4, 0.5) is 0 Å². The highest BCUT2D eigenvalue weighted by atomic mass is 32.1. The van der Waals surface area contributed by atoms with Gasteiger partial charge in [0.05, 0.1) is 17.5 Å². The van der Waals surface area contributed by atoms with Crippen LogP contribution in [-0.2, 0) is 0 Å². The molecule has 0 aliphatic heterocycles. The fourth-order valence-corrected chi connectivity index (χ4v) is 3.51. The van der Waals surface area contributed by atoms with E-state index in [0.717, 1.165) is 22.6 Å². The smallest absolute Gasteiger partial charge is 0.105 e. The lowest BCUT2D eigenvalue weighted by Gasteiger charge is -2.14. The van der Waals surface area contributed by atoms with Gasteiger partial charge in [-0.15, -0.1) is 11.3 Å². The van der Waals surface area contributed by atoms with Crippen molar-refractivity contribution in [2.75, 3.05) is 6.61 Å². The van der Waals surface area contributed by atoms with Crippen molar-refractivity contribution in [1.82, 2.24) is 0 Å². The number of nitrogens with two attached hydrogens (primary N) is 1. The molecule has 136 valence electrons. The van der Waals surface area contributed by atoms with E-state index >= 15 is 0 Å². The molecular weight excluding hydrogens is 318 g/mol. The Balaban J connectivity index is 2.13. The van der Waals surface area contributed by atoms with Gasteiger partial charge < -0.3 is 15.9 Å². The number of hydrogen-bond donors (Lipinski definition) is 3. The minimum absolute atomic E-state index is 0.224. The van der Waals surface area contributed by atoms with Crippen LogP contribution in [-0.4, -0.2) is 22.9 Å². The summed E-state index contributed by atoms with van der Waals surface area (Å²) in [6.07, 6.45) is 12.1. The van der Waals surface area contributed by atoms with Crippen LogP contribution < -0.4 is 5.73 Å². The Bertz CT molecular complexity index is 489. The van der Waals surface area contributed by atoms with Crippen molar-refractivity contribution in [2.45, 2.75) is 83.3 Å². The molecule has 0 bridgehead atoms. The van der Waals surface area contributed by atoms with Gasteiger partial charge in [0, 0.05) is 11.3 Å². The summed E-state index contributed by atoms with van der Waals surface area (Å²) >= 11 is 1.45. The van der Waals surface area contributed by atoms with Gasteiger partial charge in [0.1, 0.15) is 6.10 Å². The van der Waals surface area contributed by atoms with E-state index in [2.05, 4.69) is 18.8 Å². The van der Waals surface area contributed by atoms with E-state index in [1.807, 2.05) is 12.1 Å². The Kier molecular flexibility index (Phi) is 11.9. The molecule has 2 atom stereocenters. The second-order valence-electron chi connectivity index (χ2n) is 6.37. The predicted octanol–water partition coefficient (Wildman–Crippen LogP) is 4.37. The molecule has 1 rings (SSSR count). The minimum atomic E-state index is -0.812. The summed E-state index contributed by atoms with van der Waals surface area (Å²) in [4.78, 5) is 1.72. The molecule has 1 aromatic heterocycles. The summed E-state index contributed by atoms with van der Waals surface area (Å²) in [5.41, 5.74) is 5.64. The fraction of sp³-hybridized carbons (Fsp3) is 0.700. The average Bonchev–Trinajstić information content (AvgIpc) is 3.07. The van der Waals surface area contributed by atoms with E-state index in [9.17, 15) is 5.11 Å². The number of aliphatic hydroxyl groups excluding tert-OH is 2. The molecule has 0 radical (unpaired) electrons. The maximum Gasteiger partial charge on any atom is 0.105 e. The normalized spacial score (nSPS) is 13.3. The van der Waals surface area contributed by atoms with Gasteiger partial charge in [-0.2, -0.15) is 0 Å². The first kappa shape index (κ1) is 21.2. The van der Waals surface area contributed by atoms with Crippen LogP contribution in [0.1, 0.15) is 87.0 Å². The van der Waals surface area contributed by atoms with Crippen molar-refractivity contribution in [3.63, 3.8) is 0 Å². The van der Waals surface area contributed by atoms with Gasteiger partial charge in [0.2, 0.25) is 0 Å². The average molecular weight is 352 g/mol. The van der Waals surface area contributed by atoms with E-state index in [-0.39, 0.29) is 6.61 Å². The molecule has 4 N–H and O–H groups in total. The van der Waals surface area contributed by atoms with Crippen molar-refractivity contribution in [2.24, 2.45) is 5.73 Å². The SMILES string of the molecule is CCCCCCCCCCCC#Cc1ccc([C@@H](O)[C@@H](N)CO)s1. The van der Waals surface area contributed by atoms with Crippen LogP contribution >= 0.6 is 11.3 Å². The zero-order valence-corrected chi connectivity index (χ0v) is 15.8. The molecule has 0 unspecified atom stereocenters. The first-order chi connectivity index (χ1) is 11.7. The first-order valence-corrected chi connectivity index (χ1v) is 10.1. The highest BCUT2D eigenvalue weighted by Crippen LogP contribution is 2.24. The third kappa shape index (κ3) is 8.84. The molecule has 0 spiro atoms. The van der Waals surface area contributed by atoms with Gasteiger partial charge in [0.25, 0.3) is 0 Å². The second-order valence-corrected chi connectivity index (χ2v) is 7.49. The molecule has 0 fully saturated rings. The Labute approximate surface area is 151 Å². The van der Waals surface area contributed by atoms with Crippen molar-refractivity contribution >= 4 is 11.3 Å². The molecule has 0 aliphatic rings. The van der Waals surface area contributed by atoms with Gasteiger partial charge in [-0.1, -0.05) is 70.1 Å². The highest BCUT2D eigenvalue weighted by molar-refractivity contribution is 7.12. The summed E-state index contributed by atoms with van der Waals surface area (Å²) in [5, 5.41) is 18.9. The van der Waals surface area contributed by atoms with Crippen LogP contribution in [0.3, 0.4) is 0 Å². The van der Waals surface area contributed by atoms with Gasteiger partial charge in [-0.05, 0) is 18.6 Å². The Morgan fingerprint density at radius 3 is 2.29 bits per heavy atom. The molecule has 0 saturated heterocycles. The maximum atomic E-state index is 9.94. The van der Waals surface area contributed by atoms with Crippen molar-refractivity contribution < 1.29 is 10.2 Å². The number of thiophene rings is 1. The molecular formula is C20H33NO2S. The van der Waals surface area contributed by atoms with Crippen molar-refractivity contribution in [3.8, 4) is 11.8 Å². The van der Waals surface area contributed by atoms with E-state index in [1.54, 1.807) is 0 Å². The Hall–Kier alpha value is -0.860.